The fraction of sp³-hybridized carbons (Fsp3) is 0.438. The number of aryl methyl sites for hydroxylation is 1. The minimum Gasteiger partial charge on any atom is -0.349 e. The quantitative estimate of drug-likeness (QED) is 0.896. The van der Waals surface area contributed by atoms with Crippen LogP contribution in [0.2, 0.25) is 0 Å². The van der Waals surface area contributed by atoms with E-state index in [9.17, 15) is 4.79 Å². The smallest absolute Gasteiger partial charge is 0.251 e. The first-order chi connectivity index (χ1) is 10.6. The standard InChI is InChI=1S/C16H21N5O/c1-11-7-13(3-4-15(11)21-10-18-9-19-21)16(22)20-14-5-6-17-8-12(14)2/h3-4,7,9-10,12,14,17H,5-6,8H2,1-2H3,(H,20,22). The van der Waals surface area contributed by atoms with E-state index in [0.29, 0.717) is 11.5 Å². The second kappa shape index (κ2) is 6.27. The molecule has 2 aromatic rings. The molecule has 3 rings (SSSR count). The molecule has 1 saturated heterocycles. The van der Waals surface area contributed by atoms with Crippen LogP contribution in [0.5, 0.6) is 0 Å². The molecule has 1 aliphatic rings. The highest BCUT2D eigenvalue weighted by atomic mass is 16.1. The maximum atomic E-state index is 12.4. The molecule has 0 spiro atoms. The van der Waals surface area contributed by atoms with Gasteiger partial charge in [-0.2, -0.15) is 5.10 Å². The zero-order valence-electron chi connectivity index (χ0n) is 12.9. The average molecular weight is 299 g/mol. The number of amides is 1. The molecular formula is C16H21N5O. The molecule has 1 aromatic carbocycles. The van der Waals surface area contributed by atoms with Crippen LogP contribution in [-0.4, -0.2) is 39.8 Å². The van der Waals surface area contributed by atoms with E-state index in [1.165, 1.54) is 6.33 Å². The van der Waals surface area contributed by atoms with E-state index in [1.807, 2.05) is 25.1 Å². The monoisotopic (exact) mass is 299 g/mol. The molecule has 0 bridgehead atoms. The van der Waals surface area contributed by atoms with Gasteiger partial charge in [0, 0.05) is 11.6 Å². The van der Waals surface area contributed by atoms with E-state index in [4.69, 9.17) is 0 Å². The van der Waals surface area contributed by atoms with Gasteiger partial charge in [0.1, 0.15) is 12.7 Å². The number of rotatable bonds is 3. The topological polar surface area (TPSA) is 71.8 Å². The molecule has 0 saturated carbocycles. The van der Waals surface area contributed by atoms with Crippen molar-refractivity contribution >= 4 is 5.91 Å². The van der Waals surface area contributed by atoms with Gasteiger partial charge in [0.15, 0.2) is 0 Å². The van der Waals surface area contributed by atoms with Gasteiger partial charge < -0.3 is 10.6 Å². The lowest BCUT2D eigenvalue weighted by molar-refractivity contribution is 0.0914. The van der Waals surface area contributed by atoms with Gasteiger partial charge in [-0.25, -0.2) is 9.67 Å². The van der Waals surface area contributed by atoms with Crippen LogP contribution in [0, 0.1) is 12.8 Å². The molecule has 6 nitrogen and oxygen atoms in total. The van der Waals surface area contributed by atoms with Crippen molar-refractivity contribution in [1.29, 1.82) is 0 Å². The molecule has 0 aliphatic carbocycles. The van der Waals surface area contributed by atoms with Crippen molar-refractivity contribution in [2.24, 2.45) is 5.92 Å². The molecule has 22 heavy (non-hydrogen) atoms. The van der Waals surface area contributed by atoms with Crippen molar-refractivity contribution < 1.29 is 4.79 Å². The van der Waals surface area contributed by atoms with Gasteiger partial charge in [0.2, 0.25) is 0 Å². The van der Waals surface area contributed by atoms with Crippen LogP contribution in [-0.2, 0) is 0 Å². The van der Waals surface area contributed by atoms with Crippen LogP contribution in [0.25, 0.3) is 5.69 Å². The molecular weight excluding hydrogens is 278 g/mol. The van der Waals surface area contributed by atoms with Gasteiger partial charge >= 0.3 is 0 Å². The van der Waals surface area contributed by atoms with E-state index in [1.54, 1.807) is 11.0 Å². The number of nitrogens with one attached hydrogen (secondary N) is 2. The number of carbonyl (C=O) groups excluding carboxylic acids is 1. The highest BCUT2D eigenvalue weighted by Crippen LogP contribution is 2.16. The highest BCUT2D eigenvalue weighted by molar-refractivity contribution is 5.94. The van der Waals surface area contributed by atoms with Crippen LogP contribution in [0.15, 0.2) is 30.9 Å². The highest BCUT2D eigenvalue weighted by Gasteiger charge is 2.23. The van der Waals surface area contributed by atoms with E-state index in [2.05, 4.69) is 27.6 Å². The van der Waals surface area contributed by atoms with Crippen molar-refractivity contribution in [3.8, 4) is 5.69 Å². The molecule has 2 N–H and O–H groups in total. The molecule has 2 atom stereocenters. The van der Waals surface area contributed by atoms with Gasteiger partial charge in [-0.15, -0.1) is 0 Å². The van der Waals surface area contributed by atoms with E-state index < -0.39 is 0 Å². The molecule has 1 fully saturated rings. The Kier molecular flexibility index (Phi) is 4.20. The summed E-state index contributed by atoms with van der Waals surface area (Å²) in [5, 5.41) is 10.6. The van der Waals surface area contributed by atoms with Gasteiger partial charge in [-0.05, 0) is 56.1 Å². The molecule has 1 aromatic heterocycles. The zero-order valence-corrected chi connectivity index (χ0v) is 12.9. The summed E-state index contributed by atoms with van der Waals surface area (Å²) in [5.74, 6) is 0.445. The Morgan fingerprint density at radius 3 is 3.00 bits per heavy atom. The number of carbonyl (C=O) groups is 1. The number of piperidine rings is 1. The molecule has 6 heteroatoms. The molecule has 1 amide bonds. The summed E-state index contributed by atoms with van der Waals surface area (Å²) in [4.78, 5) is 16.4. The lowest BCUT2D eigenvalue weighted by Crippen LogP contribution is -2.48. The van der Waals surface area contributed by atoms with Gasteiger partial charge in [-0.3, -0.25) is 4.79 Å². The van der Waals surface area contributed by atoms with E-state index >= 15 is 0 Å². The minimum absolute atomic E-state index is 0.00742. The number of nitrogens with zero attached hydrogens (tertiary/aromatic N) is 3. The van der Waals surface area contributed by atoms with Crippen LogP contribution < -0.4 is 10.6 Å². The molecule has 2 unspecified atom stereocenters. The van der Waals surface area contributed by atoms with Gasteiger partial charge in [-0.1, -0.05) is 6.92 Å². The summed E-state index contributed by atoms with van der Waals surface area (Å²) in [7, 11) is 0. The van der Waals surface area contributed by atoms with Crippen molar-refractivity contribution in [3.63, 3.8) is 0 Å². The minimum atomic E-state index is -0.00742. The van der Waals surface area contributed by atoms with Crippen LogP contribution in [0.1, 0.15) is 29.3 Å². The fourth-order valence-corrected chi connectivity index (χ4v) is 2.87. The molecule has 0 radical (unpaired) electrons. The largest absolute Gasteiger partial charge is 0.349 e. The van der Waals surface area contributed by atoms with Crippen molar-refractivity contribution in [3.05, 3.63) is 42.0 Å². The summed E-state index contributed by atoms with van der Waals surface area (Å²) < 4.78 is 1.70. The average Bonchev–Trinajstić information content (AvgIpc) is 3.03. The van der Waals surface area contributed by atoms with Gasteiger partial charge in [0.25, 0.3) is 5.91 Å². The van der Waals surface area contributed by atoms with Crippen LogP contribution >= 0.6 is 0 Å². The molecule has 1 aliphatic heterocycles. The Bertz CT molecular complexity index is 653. The second-order valence-corrected chi connectivity index (χ2v) is 5.89. The first-order valence-corrected chi connectivity index (χ1v) is 7.62. The lowest BCUT2D eigenvalue weighted by Gasteiger charge is -2.30. The number of aromatic nitrogens is 3. The maximum absolute atomic E-state index is 12.4. The summed E-state index contributed by atoms with van der Waals surface area (Å²) in [6.07, 6.45) is 4.13. The van der Waals surface area contributed by atoms with Gasteiger partial charge in [0.05, 0.1) is 5.69 Å². The summed E-state index contributed by atoms with van der Waals surface area (Å²) in [5.41, 5.74) is 2.62. The zero-order chi connectivity index (χ0) is 15.5. The van der Waals surface area contributed by atoms with E-state index in [0.717, 1.165) is 30.8 Å². The Morgan fingerprint density at radius 2 is 2.32 bits per heavy atom. The first-order valence-electron chi connectivity index (χ1n) is 7.62. The molecule has 116 valence electrons. The summed E-state index contributed by atoms with van der Waals surface area (Å²) in [6, 6.07) is 5.89. The van der Waals surface area contributed by atoms with Crippen molar-refractivity contribution in [2.75, 3.05) is 13.1 Å². The predicted octanol–water partition coefficient (Wildman–Crippen LogP) is 1.30. The van der Waals surface area contributed by atoms with E-state index in [-0.39, 0.29) is 11.9 Å². The second-order valence-electron chi connectivity index (χ2n) is 5.89. The Hall–Kier alpha value is -2.21. The normalized spacial score (nSPS) is 21.5. The van der Waals surface area contributed by atoms with Crippen LogP contribution in [0.4, 0.5) is 0 Å². The van der Waals surface area contributed by atoms with Crippen molar-refractivity contribution in [2.45, 2.75) is 26.3 Å². The third kappa shape index (κ3) is 3.01. The Balaban J connectivity index is 1.74. The number of hydrogen-bond acceptors (Lipinski definition) is 4. The van der Waals surface area contributed by atoms with Crippen LogP contribution in [0.3, 0.4) is 0 Å². The SMILES string of the molecule is Cc1cc(C(=O)NC2CCNCC2C)ccc1-n1cncn1. The third-order valence-corrected chi connectivity index (χ3v) is 4.23. The number of benzene rings is 1. The lowest BCUT2D eigenvalue weighted by atomic mass is 9.95. The summed E-state index contributed by atoms with van der Waals surface area (Å²) >= 11 is 0. The summed E-state index contributed by atoms with van der Waals surface area (Å²) in [6.45, 7) is 6.05. The first kappa shape index (κ1) is 14.7. The Labute approximate surface area is 129 Å². The fourth-order valence-electron chi connectivity index (χ4n) is 2.87. The maximum Gasteiger partial charge on any atom is 0.251 e. The number of hydrogen-bond donors (Lipinski definition) is 2. The third-order valence-electron chi connectivity index (χ3n) is 4.23. The van der Waals surface area contributed by atoms with Crippen molar-refractivity contribution in [1.82, 2.24) is 25.4 Å². The molecule has 2 heterocycles. The predicted molar refractivity (Wildman–Crippen MR) is 84.0 cm³/mol. The Morgan fingerprint density at radius 1 is 1.45 bits per heavy atom.